The number of benzene rings is 1. The van der Waals surface area contributed by atoms with Crippen molar-refractivity contribution in [2.75, 3.05) is 25.5 Å². The van der Waals surface area contributed by atoms with E-state index in [1.165, 1.54) is 0 Å². The minimum absolute atomic E-state index is 0. The first kappa shape index (κ1) is 21.9. The molecule has 1 aromatic heterocycles. The molecule has 150 valence electrons. The molecule has 1 amide bonds. The molecule has 3 rings (SSSR count). The van der Waals surface area contributed by atoms with Crippen LogP contribution in [0.25, 0.3) is 0 Å². The van der Waals surface area contributed by atoms with Gasteiger partial charge < -0.3 is 20.7 Å². The summed E-state index contributed by atoms with van der Waals surface area (Å²) < 4.78 is 5.43. The van der Waals surface area contributed by atoms with E-state index >= 15 is 0 Å². The number of hydrogen-bond acceptors (Lipinski definition) is 4. The number of halogens is 1. The Bertz CT molecular complexity index is 828. The van der Waals surface area contributed by atoms with Crippen molar-refractivity contribution in [3.8, 4) is 5.88 Å². The van der Waals surface area contributed by atoms with Gasteiger partial charge in [-0.1, -0.05) is 18.2 Å². The number of aromatic nitrogens is 1. The first-order chi connectivity index (χ1) is 13.2. The van der Waals surface area contributed by atoms with Crippen LogP contribution in [0.4, 0.5) is 5.69 Å². The van der Waals surface area contributed by atoms with Crippen molar-refractivity contribution < 1.29 is 9.53 Å². The number of guanidine groups is 1. The van der Waals surface area contributed by atoms with Gasteiger partial charge in [0.1, 0.15) is 0 Å². The highest BCUT2D eigenvalue weighted by Gasteiger charge is 2.24. The fourth-order valence-corrected chi connectivity index (χ4v) is 3.10. The number of amides is 1. The maximum Gasteiger partial charge on any atom is 0.225 e. The van der Waals surface area contributed by atoms with Crippen molar-refractivity contribution in [1.82, 2.24) is 15.6 Å². The summed E-state index contributed by atoms with van der Waals surface area (Å²) in [7, 11) is 1.73. The lowest BCUT2D eigenvalue weighted by molar-refractivity contribution is -0.116. The number of anilines is 1. The second-order valence-electron chi connectivity index (χ2n) is 6.28. The topological polar surface area (TPSA) is 87.6 Å². The summed E-state index contributed by atoms with van der Waals surface area (Å²) in [6.45, 7) is 3.75. The van der Waals surface area contributed by atoms with Crippen LogP contribution < -0.4 is 20.7 Å². The van der Waals surface area contributed by atoms with Crippen LogP contribution in [0.1, 0.15) is 30.4 Å². The molecule has 0 fully saturated rings. The van der Waals surface area contributed by atoms with Crippen molar-refractivity contribution in [1.29, 1.82) is 0 Å². The average Bonchev–Trinajstić information content (AvgIpc) is 2.68. The largest absolute Gasteiger partial charge is 0.478 e. The summed E-state index contributed by atoms with van der Waals surface area (Å²) in [5.74, 6) is 1.46. The molecule has 8 heteroatoms. The van der Waals surface area contributed by atoms with Gasteiger partial charge in [-0.2, -0.15) is 0 Å². The molecule has 1 unspecified atom stereocenters. The molecule has 0 radical (unpaired) electrons. The van der Waals surface area contributed by atoms with Crippen LogP contribution in [-0.4, -0.2) is 37.1 Å². The van der Waals surface area contributed by atoms with Gasteiger partial charge in [0.15, 0.2) is 5.96 Å². The fraction of sp³-hybridized carbons (Fsp3) is 0.350. The maximum atomic E-state index is 11.9. The van der Waals surface area contributed by atoms with Crippen LogP contribution in [0.2, 0.25) is 0 Å². The van der Waals surface area contributed by atoms with E-state index in [1.807, 2.05) is 37.3 Å². The van der Waals surface area contributed by atoms with Gasteiger partial charge in [-0.05, 0) is 30.2 Å². The van der Waals surface area contributed by atoms with Crippen LogP contribution in [0, 0.1) is 0 Å². The number of carbonyl (C=O) groups is 1. The predicted molar refractivity (Wildman–Crippen MR) is 121 cm³/mol. The Morgan fingerprint density at radius 2 is 2.14 bits per heavy atom. The molecule has 0 spiro atoms. The highest BCUT2D eigenvalue weighted by atomic mass is 127. The van der Waals surface area contributed by atoms with Crippen molar-refractivity contribution in [2.24, 2.45) is 4.99 Å². The lowest BCUT2D eigenvalue weighted by Crippen LogP contribution is -2.40. The number of nitrogens with one attached hydrogen (secondary N) is 3. The summed E-state index contributed by atoms with van der Waals surface area (Å²) in [5.41, 5.74) is 3.10. The third-order valence-electron chi connectivity index (χ3n) is 4.40. The van der Waals surface area contributed by atoms with Gasteiger partial charge >= 0.3 is 0 Å². The third-order valence-corrected chi connectivity index (χ3v) is 4.40. The van der Waals surface area contributed by atoms with E-state index in [2.05, 4.69) is 32.0 Å². The minimum atomic E-state index is 0. The molecule has 28 heavy (non-hydrogen) atoms. The Balaban J connectivity index is 0.00000280. The van der Waals surface area contributed by atoms with E-state index in [1.54, 1.807) is 13.2 Å². The molecular formula is C20H26IN5O2. The van der Waals surface area contributed by atoms with Crippen LogP contribution in [-0.2, 0) is 11.3 Å². The molecule has 2 heterocycles. The summed E-state index contributed by atoms with van der Waals surface area (Å²) >= 11 is 0. The Labute approximate surface area is 182 Å². The van der Waals surface area contributed by atoms with Gasteiger partial charge in [-0.25, -0.2) is 4.98 Å². The molecule has 1 aliphatic rings. The van der Waals surface area contributed by atoms with E-state index in [4.69, 9.17) is 4.74 Å². The Morgan fingerprint density at radius 3 is 2.93 bits per heavy atom. The molecule has 1 atom stereocenters. The lowest BCUT2D eigenvalue weighted by atomic mass is 9.90. The number of pyridine rings is 1. The molecule has 2 aromatic rings. The molecular weight excluding hydrogens is 469 g/mol. The standard InChI is InChI=1S/C20H25N5O2.HI/c1-3-27-19-10-14(8-9-22-19)12-23-20(21-2)24-13-15-11-18(26)25-17-7-5-4-6-16(15)17;/h4-10,15H,3,11-13H2,1-2H3,(H,25,26)(H2,21,23,24);1H. The number of rotatable bonds is 6. The van der Waals surface area contributed by atoms with Gasteiger partial charge in [0.2, 0.25) is 11.8 Å². The van der Waals surface area contributed by atoms with Crippen LogP contribution in [0.3, 0.4) is 0 Å². The van der Waals surface area contributed by atoms with Crippen LogP contribution in [0.15, 0.2) is 47.6 Å². The van der Waals surface area contributed by atoms with Crippen LogP contribution in [0.5, 0.6) is 5.88 Å². The number of para-hydroxylation sites is 1. The zero-order valence-corrected chi connectivity index (χ0v) is 18.4. The van der Waals surface area contributed by atoms with E-state index in [0.29, 0.717) is 38.0 Å². The maximum absolute atomic E-state index is 11.9. The quantitative estimate of drug-likeness (QED) is 0.326. The third kappa shape index (κ3) is 5.82. The normalized spacial score (nSPS) is 15.7. The molecule has 1 aromatic carbocycles. The van der Waals surface area contributed by atoms with E-state index in [9.17, 15) is 4.79 Å². The molecule has 0 bridgehead atoms. The molecule has 0 saturated carbocycles. The number of fused-ring (bicyclic) bond motifs is 1. The predicted octanol–water partition coefficient (Wildman–Crippen LogP) is 2.89. The van der Waals surface area contributed by atoms with Crippen molar-refractivity contribution in [3.05, 3.63) is 53.7 Å². The Hall–Kier alpha value is -2.36. The second-order valence-corrected chi connectivity index (χ2v) is 6.28. The molecule has 3 N–H and O–H groups in total. The number of hydrogen-bond donors (Lipinski definition) is 3. The molecule has 0 aliphatic carbocycles. The first-order valence-electron chi connectivity index (χ1n) is 9.10. The Kier molecular flexibility index (Phi) is 8.49. The number of carbonyl (C=O) groups excluding carboxylic acids is 1. The van der Waals surface area contributed by atoms with Gasteiger partial charge in [0.25, 0.3) is 0 Å². The van der Waals surface area contributed by atoms with Crippen molar-refractivity contribution in [3.63, 3.8) is 0 Å². The average molecular weight is 495 g/mol. The number of ether oxygens (including phenoxy) is 1. The van der Waals surface area contributed by atoms with Gasteiger partial charge in [-0.3, -0.25) is 9.79 Å². The minimum Gasteiger partial charge on any atom is -0.478 e. The lowest BCUT2D eigenvalue weighted by Gasteiger charge is -2.26. The van der Waals surface area contributed by atoms with E-state index < -0.39 is 0 Å². The highest BCUT2D eigenvalue weighted by molar-refractivity contribution is 14.0. The molecule has 7 nitrogen and oxygen atoms in total. The number of nitrogens with zero attached hydrogens (tertiary/aromatic N) is 2. The van der Waals surface area contributed by atoms with Crippen molar-refractivity contribution in [2.45, 2.75) is 25.8 Å². The smallest absolute Gasteiger partial charge is 0.225 e. The van der Waals surface area contributed by atoms with Gasteiger partial charge in [0, 0.05) is 50.4 Å². The first-order valence-corrected chi connectivity index (χ1v) is 9.10. The molecule has 0 saturated heterocycles. The van der Waals surface area contributed by atoms with Gasteiger partial charge in [0.05, 0.1) is 6.61 Å². The zero-order valence-electron chi connectivity index (χ0n) is 16.1. The van der Waals surface area contributed by atoms with E-state index in [-0.39, 0.29) is 35.8 Å². The highest BCUT2D eigenvalue weighted by Crippen LogP contribution is 2.31. The summed E-state index contributed by atoms with van der Waals surface area (Å²) in [4.78, 5) is 20.4. The SMILES string of the molecule is CCOc1cc(CNC(=NC)NCC2CC(=O)Nc3ccccc32)ccn1.I. The van der Waals surface area contributed by atoms with Crippen LogP contribution >= 0.6 is 24.0 Å². The number of aliphatic imine (C=N–C) groups is 1. The van der Waals surface area contributed by atoms with E-state index in [0.717, 1.165) is 16.8 Å². The fourth-order valence-electron chi connectivity index (χ4n) is 3.10. The Morgan fingerprint density at radius 1 is 1.32 bits per heavy atom. The van der Waals surface area contributed by atoms with Crippen molar-refractivity contribution >= 4 is 41.5 Å². The summed E-state index contributed by atoms with van der Waals surface area (Å²) in [6, 6.07) is 11.8. The van der Waals surface area contributed by atoms with Gasteiger partial charge in [-0.15, -0.1) is 24.0 Å². The zero-order chi connectivity index (χ0) is 19.1. The monoisotopic (exact) mass is 495 g/mol. The molecule has 1 aliphatic heterocycles. The summed E-state index contributed by atoms with van der Waals surface area (Å²) in [6.07, 6.45) is 2.19. The summed E-state index contributed by atoms with van der Waals surface area (Å²) in [5, 5.41) is 9.53. The second kappa shape index (κ2) is 10.8.